The molecule has 0 saturated heterocycles. The maximum atomic E-state index is 13.4. The molecular formula is C12H10F2N2O2. The van der Waals surface area contributed by atoms with Crippen molar-refractivity contribution in [3.05, 3.63) is 68.5 Å². The topological polar surface area (TPSA) is 44.0 Å². The molecule has 0 aliphatic rings. The number of halogens is 2. The van der Waals surface area contributed by atoms with Crippen LogP contribution < -0.4 is 11.2 Å². The Labute approximate surface area is 101 Å². The largest absolute Gasteiger partial charge is 0.331 e. The van der Waals surface area contributed by atoms with Crippen LogP contribution in [-0.4, -0.2) is 9.13 Å². The zero-order valence-electron chi connectivity index (χ0n) is 9.56. The predicted octanol–water partition coefficient (Wildman–Crippen LogP) is 0.873. The molecule has 0 spiro atoms. The van der Waals surface area contributed by atoms with Gasteiger partial charge in [-0.15, -0.1) is 0 Å². The molecule has 0 fully saturated rings. The van der Waals surface area contributed by atoms with E-state index >= 15 is 0 Å². The molecule has 0 aliphatic carbocycles. The lowest BCUT2D eigenvalue weighted by Gasteiger charge is -2.08. The summed E-state index contributed by atoms with van der Waals surface area (Å²) in [5.74, 6) is -1.45. The molecule has 0 saturated carbocycles. The first-order chi connectivity index (χ1) is 8.50. The van der Waals surface area contributed by atoms with Crippen molar-refractivity contribution >= 4 is 0 Å². The highest BCUT2D eigenvalue weighted by Crippen LogP contribution is 2.12. The number of nitrogens with zero attached hydrogens (tertiary/aromatic N) is 2. The molecule has 0 unspecified atom stereocenters. The quantitative estimate of drug-likeness (QED) is 0.796. The molecule has 1 heterocycles. The SMILES string of the molecule is Cn1c(=O)ccn(Cc2c(F)cccc2F)c1=O. The van der Waals surface area contributed by atoms with Gasteiger partial charge in [0.2, 0.25) is 0 Å². The summed E-state index contributed by atoms with van der Waals surface area (Å²) in [6, 6.07) is 4.65. The van der Waals surface area contributed by atoms with E-state index in [1.807, 2.05) is 0 Å². The average molecular weight is 252 g/mol. The Hall–Kier alpha value is -2.24. The van der Waals surface area contributed by atoms with Crippen molar-refractivity contribution in [2.24, 2.45) is 7.05 Å². The van der Waals surface area contributed by atoms with Gasteiger partial charge in [-0.1, -0.05) is 6.07 Å². The first-order valence-electron chi connectivity index (χ1n) is 5.20. The molecule has 0 aliphatic heterocycles. The zero-order valence-corrected chi connectivity index (χ0v) is 9.56. The van der Waals surface area contributed by atoms with Gasteiger partial charge in [0.1, 0.15) is 11.6 Å². The van der Waals surface area contributed by atoms with Crippen molar-refractivity contribution in [2.45, 2.75) is 6.54 Å². The Morgan fingerprint density at radius 1 is 1.11 bits per heavy atom. The highest BCUT2D eigenvalue weighted by Gasteiger charge is 2.10. The first-order valence-corrected chi connectivity index (χ1v) is 5.20. The molecule has 2 aromatic rings. The fourth-order valence-corrected chi connectivity index (χ4v) is 1.59. The predicted molar refractivity (Wildman–Crippen MR) is 61.4 cm³/mol. The van der Waals surface area contributed by atoms with Crippen LogP contribution in [0.2, 0.25) is 0 Å². The van der Waals surface area contributed by atoms with E-state index in [2.05, 4.69) is 0 Å². The maximum absolute atomic E-state index is 13.4. The van der Waals surface area contributed by atoms with Crippen LogP contribution >= 0.6 is 0 Å². The summed E-state index contributed by atoms with van der Waals surface area (Å²) in [5, 5.41) is 0. The molecule has 18 heavy (non-hydrogen) atoms. The monoisotopic (exact) mass is 252 g/mol. The van der Waals surface area contributed by atoms with Crippen LogP contribution in [0.4, 0.5) is 8.78 Å². The van der Waals surface area contributed by atoms with Crippen LogP contribution in [0.5, 0.6) is 0 Å². The second-order valence-electron chi connectivity index (χ2n) is 3.82. The lowest BCUT2D eigenvalue weighted by Crippen LogP contribution is -2.37. The Morgan fingerprint density at radius 3 is 2.33 bits per heavy atom. The third kappa shape index (κ3) is 2.09. The minimum Gasteiger partial charge on any atom is -0.296 e. The fraction of sp³-hybridized carbons (Fsp3) is 0.167. The molecule has 4 nitrogen and oxygen atoms in total. The van der Waals surface area contributed by atoms with Gasteiger partial charge in [0.25, 0.3) is 5.56 Å². The van der Waals surface area contributed by atoms with E-state index in [0.29, 0.717) is 0 Å². The summed E-state index contributed by atoms with van der Waals surface area (Å²) in [7, 11) is 1.30. The number of aromatic nitrogens is 2. The first kappa shape index (κ1) is 12.2. The summed E-state index contributed by atoms with van der Waals surface area (Å²) in [5.41, 5.74) is -1.30. The molecule has 6 heteroatoms. The van der Waals surface area contributed by atoms with Gasteiger partial charge in [0, 0.05) is 24.9 Å². The number of hydrogen-bond donors (Lipinski definition) is 0. The summed E-state index contributed by atoms with van der Waals surface area (Å²) < 4.78 is 28.8. The van der Waals surface area contributed by atoms with E-state index in [-0.39, 0.29) is 12.1 Å². The number of benzene rings is 1. The van der Waals surface area contributed by atoms with Crippen LogP contribution in [0.15, 0.2) is 40.1 Å². The molecule has 0 N–H and O–H groups in total. The summed E-state index contributed by atoms with van der Waals surface area (Å²) >= 11 is 0. The van der Waals surface area contributed by atoms with E-state index in [0.717, 1.165) is 21.3 Å². The minimum absolute atomic E-state index is 0.210. The van der Waals surface area contributed by atoms with Crippen LogP contribution in [0.3, 0.4) is 0 Å². The summed E-state index contributed by atoms with van der Waals surface area (Å²) in [4.78, 5) is 22.9. The Balaban J connectivity index is 2.51. The van der Waals surface area contributed by atoms with Crippen molar-refractivity contribution < 1.29 is 8.78 Å². The molecule has 0 atom stereocenters. The van der Waals surface area contributed by atoms with Crippen molar-refractivity contribution in [3.8, 4) is 0 Å². The van der Waals surface area contributed by atoms with E-state index in [9.17, 15) is 18.4 Å². The highest BCUT2D eigenvalue weighted by atomic mass is 19.1. The van der Waals surface area contributed by atoms with Gasteiger partial charge in [0.05, 0.1) is 6.54 Å². The van der Waals surface area contributed by atoms with Crippen molar-refractivity contribution in [1.29, 1.82) is 0 Å². The molecule has 0 bridgehead atoms. The van der Waals surface area contributed by atoms with Gasteiger partial charge in [-0.05, 0) is 12.1 Å². The van der Waals surface area contributed by atoms with Gasteiger partial charge < -0.3 is 0 Å². The van der Waals surface area contributed by atoms with E-state index in [1.165, 1.54) is 25.4 Å². The Bertz CT molecular complexity index is 684. The third-order valence-corrected chi connectivity index (χ3v) is 2.65. The Kier molecular flexibility index (Phi) is 3.10. The van der Waals surface area contributed by atoms with Gasteiger partial charge in [-0.25, -0.2) is 13.6 Å². The van der Waals surface area contributed by atoms with Gasteiger partial charge in [-0.2, -0.15) is 0 Å². The normalized spacial score (nSPS) is 10.6. The zero-order chi connectivity index (χ0) is 13.3. The van der Waals surface area contributed by atoms with Gasteiger partial charge in [0.15, 0.2) is 0 Å². The molecule has 94 valence electrons. The number of rotatable bonds is 2. The van der Waals surface area contributed by atoms with Crippen molar-refractivity contribution in [3.63, 3.8) is 0 Å². The lowest BCUT2D eigenvalue weighted by atomic mass is 10.2. The van der Waals surface area contributed by atoms with Crippen molar-refractivity contribution in [1.82, 2.24) is 9.13 Å². The van der Waals surface area contributed by atoms with Crippen LogP contribution in [-0.2, 0) is 13.6 Å². The second-order valence-corrected chi connectivity index (χ2v) is 3.82. The minimum atomic E-state index is -0.726. The smallest absolute Gasteiger partial charge is 0.296 e. The maximum Gasteiger partial charge on any atom is 0.331 e. The van der Waals surface area contributed by atoms with E-state index in [1.54, 1.807) is 0 Å². The molecule has 2 rings (SSSR count). The lowest BCUT2D eigenvalue weighted by molar-refractivity contribution is 0.533. The van der Waals surface area contributed by atoms with Crippen LogP contribution in [0.25, 0.3) is 0 Å². The highest BCUT2D eigenvalue weighted by molar-refractivity contribution is 5.20. The van der Waals surface area contributed by atoms with E-state index in [4.69, 9.17) is 0 Å². The van der Waals surface area contributed by atoms with Crippen LogP contribution in [0, 0.1) is 11.6 Å². The molecule has 1 aromatic carbocycles. The van der Waals surface area contributed by atoms with E-state index < -0.39 is 22.9 Å². The molecule has 0 amide bonds. The van der Waals surface area contributed by atoms with Crippen LogP contribution in [0.1, 0.15) is 5.56 Å². The fourth-order valence-electron chi connectivity index (χ4n) is 1.59. The molecule has 0 radical (unpaired) electrons. The van der Waals surface area contributed by atoms with Gasteiger partial charge >= 0.3 is 5.69 Å². The number of hydrogen-bond acceptors (Lipinski definition) is 2. The average Bonchev–Trinajstić information content (AvgIpc) is 2.34. The summed E-state index contributed by atoms with van der Waals surface area (Å²) in [6.45, 7) is -0.258. The van der Waals surface area contributed by atoms with Crippen molar-refractivity contribution in [2.75, 3.05) is 0 Å². The second kappa shape index (κ2) is 4.56. The molecule has 1 aromatic heterocycles. The third-order valence-electron chi connectivity index (χ3n) is 2.65. The standard InChI is InChI=1S/C12H10F2N2O2/c1-15-11(17)5-6-16(12(15)18)7-8-9(13)3-2-4-10(8)14/h2-6H,7H2,1H3. The van der Waals surface area contributed by atoms with Gasteiger partial charge in [-0.3, -0.25) is 13.9 Å². The summed E-state index contributed by atoms with van der Waals surface area (Å²) in [6.07, 6.45) is 1.22. The Morgan fingerprint density at radius 2 is 1.72 bits per heavy atom. The molecular weight excluding hydrogens is 242 g/mol.